The van der Waals surface area contributed by atoms with Crippen LogP contribution in [0.5, 0.6) is 17.2 Å². The SMILES string of the molecule is CCN(C1CCC([NH+]2CCN(c3ccccc3OC(C)C)CC2)CC1)S(=O)(=O)c1ccc(OC)c(OC)c1. The van der Waals surface area contributed by atoms with Crippen LogP contribution in [0.1, 0.15) is 46.5 Å². The van der Waals surface area contributed by atoms with Crippen LogP contribution in [0.15, 0.2) is 47.4 Å². The van der Waals surface area contributed by atoms with Crippen LogP contribution in [-0.2, 0) is 10.0 Å². The summed E-state index contributed by atoms with van der Waals surface area (Å²) in [5.74, 6) is 1.91. The number of sulfonamides is 1. The molecule has 0 radical (unpaired) electrons. The zero-order valence-corrected chi connectivity index (χ0v) is 24.3. The van der Waals surface area contributed by atoms with Crippen LogP contribution in [0.2, 0.25) is 0 Å². The molecule has 2 aromatic carbocycles. The molecule has 1 aliphatic carbocycles. The van der Waals surface area contributed by atoms with Gasteiger partial charge in [0, 0.05) is 31.5 Å². The lowest BCUT2D eigenvalue weighted by molar-refractivity contribution is -0.927. The molecule has 1 saturated heterocycles. The summed E-state index contributed by atoms with van der Waals surface area (Å²) < 4.78 is 45.5. The number of hydrogen-bond donors (Lipinski definition) is 1. The molecule has 4 rings (SSSR count). The van der Waals surface area contributed by atoms with E-state index in [-0.39, 0.29) is 17.0 Å². The van der Waals surface area contributed by atoms with Crippen molar-refractivity contribution in [1.29, 1.82) is 0 Å². The number of nitrogens with one attached hydrogen (secondary N) is 1. The van der Waals surface area contributed by atoms with Gasteiger partial charge in [0.05, 0.1) is 63.1 Å². The number of rotatable bonds is 10. The van der Waals surface area contributed by atoms with Crippen LogP contribution in [0.25, 0.3) is 0 Å². The molecule has 0 amide bonds. The molecule has 1 aliphatic heterocycles. The molecule has 0 bridgehead atoms. The Balaban J connectivity index is 1.35. The predicted molar refractivity (Wildman–Crippen MR) is 150 cm³/mol. The van der Waals surface area contributed by atoms with E-state index in [1.807, 2.05) is 13.0 Å². The quantitative estimate of drug-likeness (QED) is 0.494. The number of hydrogen-bond acceptors (Lipinski definition) is 6. The van der Waals surface area contributed by atoms with Gasteiger partial charge in [-0.2, -0.15) is 4.31 Å². The molecule has 0 aromatic heterocycles. The molecule has 210 valence electrons. The van der Waals surface area contributed by atoms with Gasteiger partial charge in [-0.25, -0.2) is 8.42 Å². The predicted octanol–water partition coefficient (Wildman–Crippen LogP) is 3.22. The molecular weight excluding hydrogens is 502 g/mol. The topological polar surface area (TPSA) is 72.8 Å². The summed E-state index contributed by atoms with van der Waals surface area (Å²) in [6.45, 7) is 10.7. The number of benzene rings is 2. The summed E-state index contributed by atoms with van der Waals surface area (Å²) in [5, 5.41) is 0. The van der Waals surface area contributed by atoms with Crippen molar-refractivity contribution in [2.24, 2.45) is 0 Å². The minimum absolute atomic E-state index is 0.0232. The molecule has 0 spiro atoms. The minimum atomic E-state index is -3.63. The van der Waals surface area contributed by atoms with Crippen molar-refractivity contribution in [2.45, 2.75) is 69.5 Å². The fourth-order valence-electron chi connectivity index (χ4n) is 6.02. The maximum absolute atomic E-state index is 13.6. The summed E-state index contributed by atoms with van der Waals surface area (Å²) in [6.07, 6.45) is 4.03. The average molecular weight is 547 g/mol. The van der Waals surface area contributed by atoms with Gasteiger partial charge in [0.2, 0.25) is 10.0 Å². The van der Waals surface area contributed by atoms with Crippen molar-refractivity contribution in [1.82, 2.24) is 4.31 Å². The Kier molecular flexibility index (Phi) is 9.44. The van der Waals surface area contributed by atoms with Gasteiger partial charge in [-0.1, -0.05) is 19.1 Å². The second-order valence-electron chi connectivity index (χ2n) is 10.5. The third-order valence-electron chi connectivity index (χ3n) is 7.93. The van der Waals surface area contributed by atoms with Crippen molar-refractivity contribution in [3.8, 4) is 17.2 Å². The van der Waals surface area contributed by atoms with E-state index in [0.717, 1.165) is 57.6 Å². The summed E-state index contributed by atoms with van der Waals surface area (Å²) in [6, 6.07) is 13.8. The number of methoxy groups -OCH3 is 2. The van der Waals surface area contributed by atoms with Crippen LogP contribution < -0.4 is 24.0 Å². The van der Waals surface area contributed by atoms with E-state index >= 15 is 0 Å². The lowest BCUT2D eigenvalue weighted by atomic mass is 9.89. The largest absolute Gasteiger partial charge is 0.493 e. The fraction of sp³-hybridized carbons (Fsp3) is 0.586. The van der Waals surface area contributed by atoms with Crippen molar-refractivity contribution in [2.75, 3.05) is 51.8 Å². The second-order valence-corrected chi connectivity index (χ2v) is 12.4. The van der Waals surface area contributed by atoms with E-state index in [1.54, 1.807) is 34.5 Å². The summed E-state index contributed by atoms with van der Waals surface area (Å²) in [5.41, 5.74) is 1.18. The second kappa shape index (κ2) is 12.6. The van der Waals surface area contributed by atoms with E-state index in [2.05, 4.69) is 36.9 Å². The first kappa shape index (κ1) is 28.5. The van der Waals surface area contributed by atoms with E-state index in [1.165, 1.54) is 12.8 Å². The maximum Gasteiger partial charge on any atom is 0.243 e. The van der Waals surface area contributed by atoms with E-state index in [9.17, 15) is 8.42 Å². The molecular formula is C29H44N3O5S+. The zero-order chi connectivity index (χ0) is 27.3. The fourth-order valence-corrected chi connectivity index (χ4v) is 7.73. The molecule has 1 heterocycles. The molecule has 1 N–H and O–H groups in total. The number of nitrogens with zero attached hydrogens (tertiary/aromatic N) is 2. The van der Waals surface area contributed by atoms with E-state index < -0.39 is 10.0 Å². The third-order valence-corrected chi connectivity index (χ3v) is 9.95. The Bertz CT molecular complexity index is 1160. The summed E-state index contributed by atoms with van der Waals surface area (Å²) in [4.78, 5) is 4.34. The molecule has 8 nitrogen and oxygen atoms in total. The Labute approximate surface area is 228 Å². The van der Waals surface area contributed by atoms with Gasteiger partial charge in [0.1, 0.15) is 5.75 Å². The van der Waals surface area contributed by atoms with Gasteiger partial charge in [-0.3, -0.25) is 0 Å². The number of piperazine rings is 1. The standard InChI is InChI=1S/C29H43N3O5S/c1-6-32(38(33,34)25-15-16-28(35-4)29(21-25)36-5)24-13-11-23(12-14-24)30-17-19-31(20-18-30)26-9-7-8-10-27(26)37-22(2)3/h7-10,15-16,21-24H,6,11-14,17-20H2,1-5H3/p+1. The first-order valence-corrected chi connectivity index (χ1v) is 15.3. The number of anilines is 1. The zero-order valence-electron chi connectivity index (χ0n) is 23.5. The van der Waals surface area contributed by atoms with Crippen molar-refractivity contribution in [3.05, 3.63) is 42.5 Å². The maximum atomic E-state index is 13.6. The molecule has 0 unspecified atom stereocenters. The van der Waals surface area contributed by atoms with E-state index in [4.69, 9.17) is 14.2 Å². The van der Waals surface area contributed by atoms with Crippen LogP contribution in [0.3, 0.4) is 0 Å². The van der Waals surface area contributed by atoms with Crippen LogP contribution >= 0.6 is 0 Å². The first-order valence-electron chi connectivity index (χ1n) is 13.9. The minimum Gasteiger partial charge on any atom is -0.493 e. The Hall–Kier alpha value is -2.49. The number of quaternary nitrogens is 1. The highest BCUT2D eigenvalue weighted by Crippen LogP contribution is 2.33. The smallest absolute Gasteiger partial charge is 0.243 e. The molecule has 1 saturated carbocycles. The van der Waals surface area contributed by atoms with Gasteiger partial charge >= 0.3 is 0 Å². The number of ether oxygens (including phenoxy) is 3. The van der Waals surface area contributed by atoms with Gasteiger partial charge in [-0.05, 0) is 51.0 Å². The highest BCUT2D eigenvalue weighted by atomic mass is 32.2. The van der Waals surface area contributed by atoms with Gasteiger partial charge < -0.3 is 24.0 Å². The lowest BCUT2D eigenvalue weighted by Gasteiger charge is -2.41. The van der Waals surface area contributed by atoms with Crippen molar-refractivity contribution < 1.29 is 27.5 Å². The monoisotopic (exact) mass is 546 g/mol. The van der Waals surface area contributed by atoms with Crippen LogP contribution in [-0.4, -0.2) is 77.9 Å². The molecule has 9 heteroatoms. The lowest BCUT2D eigenvalue weighted by Crippen LogP contribution is -3.18. The molecule has 2 fully saturated rings. The Morgan fingerprint density at radius 3 is 2.21 bits per heavy atom. The Morgan fingerprint density at radius 1 is 0.947 bits per heavy atom. The van der Waals surface area contributed by atoms with Crippen LogP contribution in [0, 0.1) is 0 Å². The molecule has 2 aromatic rings. The van der Waals surface area contributed by atoms with E-state index in [0.29, 0.717) is 24.1 Å². The summed E-state index contributed by atoms with van der Waals surface area (Å²) in [7, 11) is -0.561. The molecule has 38 heavy (non-hydrogen) atoms. The van der Waals surface area contributed by atoms with Gasteiger partial charge in [0.25, 0.3) is 0 Å². The highest BCUT2D eigenvalue weighted by molar-refractivity contribution is 7.89. The highest BCUT2D eigenvalue weighted by Gasteiger charge is 2.37. The Morgan fingerprint density at radius 2 is 1.61 bits per heavy atom. The molecule has 2 aliphatic rings. The normalized spacial score (nSPS) is 21.1. The average Bonchev–Trinajstić information content (AvgIpc) is 2.93. The summed E-state index contributed by atoms with van der Waals surface area (Å²) >= 11 is 0. The van der Waals surface area contributed by atoms with Gasteiger partial charge in [-0.15, -0.1) is 0 Å². The third kappa shape index (κ3) is 6.21. The molecule has 0 atom stereocenters. The van der Waals surface area contributed by atoms with Crippen molar-refractivity contribution >= 4 is 15.7 Å². The first-order chi connectivity index (χ1) is 18.3. The van der Waals surface area contributed by atoms with Crippen molar-refractivity contribution in [3.63, 3.8) is 0 Å². The van der Waals surface area contributed by atoms with Gasteiger partial charge in [0.15, 0.2) is 11.5 Å². The van der Waals surface area contributed by atoms with Crippen LogP contribution in [0.4, 0.5) is 5.69 Å². The number of para-hydroxylation sites is 2.